The van der Waals surface area contributed by atoms with Crippen molar-refractivity contribution >= 4 is 26.8 Å². The fraction of sp³-hybridized carbons (Fsp3) is 0.438. The van der Waals surface area contributed by atoms with Crippen LogP contribution in [0.5, 0.6) is 0 Å². The van der Waals surface area contributed by atoms with Crippen molar-refractivity contribution in [2.24, 2.45) is 0 Å². The number of ether oxygens (including phenoxy) is 1. The summed E-state index contributed by atoms with van der Waals surface area (Å²) in [6.07, 6.45) is 2.16. The molecule has 2 heterocycles. The normalized spacial score (nSPS) is 24.1. The van der Waals surface area contributed by atoms with Crippen molar-refractivity contribution in [2.45, 2.75) is 25.6 Å². The lowest BCUT2D eigenvalue weighted by Gasteiger charge is -2.37. The number of alkyl halides is 1. The van der Waals surface area contributed by atoms with E-state index in [1.165, 1.54) is 10.9 Å². The van der Waals surface area contributed by atoms with Crippen LogP contribution in [0.15, 0.2) is 36.5 Å². The molecule has 0 N–H and O–H groups in total. The smallest absolute Gasteiger partial charge is 0.0799 e. The van der Waals surface area contributed by atoms with Crippen LogP contribution in [-0.2, 0) is 11.3 Å². The van der Waals surface area contributed by atoms with Gasteiger partial charge in [0, 0.05) is 36.0 Å². The van der Waals surface area contributed by atoms with Crippen LogP contribution in [0.3, 0.4) is 0 Å². The lowest BCUT2D eigenvalue weighted by molar-refractivity contribution is -0.0498. The third kappa shape index (κ3) is 2.87. The maximum atomic E-state index is 5.79. The Balaban J connectivity index is 1.85. The molecule has 0 aliphatic carbocycles. The van der Waals surface area contributed by atoms with Crippen molar-refractivity contribution in [3.63, 3.8) is 0 Å². The summed E-state index contributed by atoms with van der Waals surface area (Å²) in [5.74, 6) is 0. The van der Waals surface area contributed by atoms with Gasteiger partial charge in [0.2, 0.25) is 0 Å². The number of fused-ring (bicyclic) bond motifs is 1. The molecule has 0 bridgehead atoms. The third-order valence-corrected chi connectivity index (χ3v) is 4.62. The zero-order valence-electron chi connectivity index (χ0n) is 11.6. The summed E-state index contributed by atoms with van der Waals surface area (Å²) in [5.41, 5.74) is 2.41. The average molecular weight is 335 g/mol. The summed E-state index contributed by atoms with van der Waals surface area (Å²) in [4.78, 5) is 7.03. The fourth-order valence-electron chi connectivity index (χ4n) is 2.70. The molecule has 0 amide bonds. The van der Waals surface area contributed by atoms with Gasteiger partial charge in [-0.25, -0.2) is 0 Å². The minimum atomic E-state index is 0.286. The number of hydrogen-bond donors (Lipinski definition) is 0. The molecule has 106 valence electrons. The Morgan fingerprint density at radius 3 is 3.05 bits per heavy atom. The minimum Gasteiger partial charge on any atom is -0.374 e. The Morgan fingerprint density at radius 1 is 1.35 bits per heavy atom. The van der Waals surface area contributed by atoms with Crippen molar-refractivity contribution in [1.82, 2.24) is 9.88 Å². The third-order valence-electron chi connectivity index (χ3n) is 3.90. The van der Waals surface area contributed by atoms with Crippen LogP contribution in [0.2, 0.25) is 0 Å². The fourth-order valence-corrected chi connectivity index (χ4v) is 3.09. The van der Waals surface area contributed by atoms with Gasteiger partial charge in [0.1, 0.15) is 0 Å². The molecule has 1 fully saturated rings. The Bertz CT molecular complexity index is 584. The highest BCUT2D eigenvalue weighted by Crippen LogP contribution is 2.21. The molecule has 1 saturated heterocycles. The highest BCUT2D eigenvalue weighted by Gasteiger charge is 2.25. The zero-order chi connectivity index (χ0) is 13.9. The standard InChI is InChI=1S/C16H19BrN2O/c1-12-11-20-15(8-17)10-19(12)9-14-5-2-4-13-6-3-7-18-16(13)14/h2-7,12,15H,8-11H2,1H3. The van der Waals surface area contributed by atoms with Gasteiger partial charge in [0.05, 0.1) is 18.2 Å². The number of benzene rings is 1. The largest absolute Gasteiger partial charge is 0.374 e. The molecule has 1 aromatic heterocycles. The van der Waals surface area contributed by atoms with E-state index in [4.69, 9.17) is 4.74 Å². The van der Waals surface area contributed by atoms with Crippen LogP contribution in [0, 0.1) is 0 Å². The lowest BCUT2D eigenvalue weighted by Crippen LogP contribution is -2.48. The van der Waals surface area contributed by atoms with Crippen LogP contribution >= 0.6 is 15.9 Å². The number of halogens is 1. The van der Waals surface area contributed by atoms with Gasteiger partial charge >= 0.3 is 0 Å². The maximum Gasteiger partial charge on any atom is 0.0799 e. The average Bonchev–Trinajstić information content (AvgIpc) is 2.50. The predicted octanol–water partition coefficient (Wildman–Crippen LogP) is 3.22. The van der Waals surface area contributed by atoms with Gasteiger partial charge in [-0.05, 0) is 18.6 Å². The van der Waals surface area contributed by atoms with E-state index in [9.17, 15) is 0 Å². The summed E-state index contributed by atoms with van der Waals surface area (Å²) < 4.78 is 5.79. The quantitative estimate of drug-likeness (QED) is 0.806. The van der Waals surface area contributed by atoms with Gasteiger partial charge in [-0.1, -0.05) is 40.2 Å². The Kier molecular flexibility index (Phi) is 4.34. The first-order chi connectivity index (χ1) is 9.78. The Morgan fingerprint density at radius 2 is 2.20 bits per heavy atom. The molecule has 1 aliphatic heterocycles. The molecular weight excluding hydrogens is 316 g/mol. The summed E-state index contributed by atoms with van der Waals surface area (Å²) >= 11 is 3.52. The van der Waals surface area contributed by atoms with E-state index in [2.05, 4.69) is 57.0 Å². The highest BCUT2D eigenvalue weighted by atomic mass is 79.9. The summed E-state index contributed by atoms with van der Waals surface area (Å²) in [6, 6.07) is 11.0. The van der Waals surface area contributed by atoms with Crippen molar-refractivity contribution in [3.05, 3.63) is 42.1 Å². The van der Waals surface area contributed by atoms with Crippen molar-refractivity contribution < 1.29 is 4.74 Å². The van der Waals surface area contributed by atoms with E-state index >= 15 is 0 Å². The molecule has 0 radical (unpaired) electrons. The zero-order valence-corrected chi connectivity index (χ0v) is 13.2. The number of rotatable bonds is 3. The second-order valence-electron chi connectivity index (χ2n) is 5.38. The maximum absolute atomic E-state index is 5.79. The lowest BCUT2D eigenvalue weighted by atomic mass is 10.1. The molecule has 2 aromatic rings. The van der Waals surface area contributed by atoms with E-state index in [1.54, 1.807) is 0 Å². The predicted molar refractivity (Wildman–Crippen MR) is 85.1 cm³/mol. The SMILES string of the molecule is CC1COC(CBr)CN1Cc1cccc2cccnc12. The van der Waals surface area contributed by atoms with E-state index in [1.807, 2.05) is 12.3 Å². The molecule has 3 nitrogen and oxygen atoms in total. The summed E-state index contributed by atoms with van der Waals surface area (Å²) in [6.45, 7) is 4.93. The summed E-state index contributed by atoms with van der Waals surface area (Å²) in [7, 11) is 0. The molecule has 1 aliphatic rings. The van der Waals surface area contributed by atoms with Crippen molar-refractivity contribution in [2.75, 3.05) is 18.5 Å². The van der Waals surface area contributed by atoms with Crippen molar-refractivity contribution in [1.29, 1.82) is 0 Å². The van der Waals surface area contributed by atoms with Gasteiger partial charge in [-0.15, -0.1) is 0 Å². The minimum absolute atomic E-state index is 0.286. The second-order valence-corrected chi connectivity index (χ2v) is 6.03. The van der Waals surface area contributed by atoms with E-state index in [0.29, 0.717) is 6.04 Å². The summed E-state index contributed by atoms with van der Waals surface area (Å²) in [5, 5.41) is 2.10. The first-order valence-corrected chi connectivity index (χ1v) is 8.14. The van der Waals surface area contributed by atoms with Crippen molar-refractivity contribution in [3.8, 4) is 0 Å². The van der Waals surface area contributed by atoms with Gasteiger partial charge < -0.3 is 4.74 Å². The topological polar surface area (TPSA) is 25.4 Å². The van der Waals surface area contributed by atoms with E-state index in [-0.39, 0.29) is 6.10 Å². The Labute approximate surface area is 128 Å². The number of aromatic nitrogens is 1. The van der Waals surface area contributed by atoms with Crippen LogP contribution in [0.1, 0.15) is 12.5 Å². The monoisotopic (exact) mass is 334 g/mol. The van der Waals surface area contributed by atoms with E-state index < -0.39 is 0 Å². The van der Waals surface area contributed by atoms with Crippen LogP contribution in [-0.4, -0.2) is 40.5 Å². The molecular formula is C16H19BrN2O. The van der Waals surface area contributed by atoms with Crippen LogP contribution in [0.4, 0.5) is 0 Å². The second kappa shape index (κ2) is 6.20. The number of para-hydroxylation sites is 1. The van der Waals surface area contributed by atoms with Crippen LogP contribution < -0.4 is 0 Å². The first-order valence-electron chi connectivity index (χ1n) is 7.02. The molecule has 1 aromatic carbocycles. The molecule has 4 heteroatoms. The van der Waals surface area contributed by atoms with Gasteiger partial charge in [-0.3, -0.25) is 9.88 Å². The molecule has 2 atom stereocenters. The Hall–Kier alpha value is -0.970. The molecule has 3 rings (SSSR count). The molecule has 0 saturated carbocycles. The molecule has 2 unspecified atom stereocenters. The number of nitrogens with zero attached hydrogens (tertiary/aromatic N) is 2. The van der Waals surface area contributed by atoms with Crippen LogP contribution in [0.25, 0.3) is 10.9 Å². The number of morpholine rings is 1. The number of pyridine rings is 1. The molecule has 0 spiro atoms. The van der Waals surface area contributed by atoms with Gasteiger partial charge in [0.25, 0.3) is 0 Å². The number of hydrogen-bond acceptors (Lipinski definition) is 3. The van der Waals surface area contributed by atoms with Gasteiger partial charge in [-0.2, -0.15) is 0 Å². The molecule has 20 heavy (non-hydrogen) atoms. The highest BCUT2D eigenvalue weighted by molar-refractivity contribution is 9.09. The first kappa shape index (κ1) is 14.0. The van der Waals surface area contributed by atoms with E-state index in [0.717, 1.165) is 30.5 Å². The van der Waals surface area contributed by atoms with Gasteiger partial charge in [0.15, 0.2) is 0 Å².